The quantitative estimate of drug-likeness (QED) is 0.781. The third kappa shape index (κ3) is 2.73. The van der Waals surface area contributed by atoms with Crippen LogP contribution in [0.4, 0.5) is 5.69 Å². The summed E-state index contributed by atoms with van der Waals surface area (Å²) >= 11 is 0. The Morgan fingerprint density at radius 1 is 1.20 bits per heavy atom. The van der Waals surface area contributed by atoms with Crippen molar-refractivity contribution in [1.29, 1.82) is 5.41 Å². The summed E-state index contributed by atoms with van der Waals surface area (Å²) in [6.45, 7) is 0. The molecule has 0 radical (unpaired) electrons. The molecule has 1 aliphatic carbocycles. The number of nitrogens with one attached hydrogen (secondary N) is 2. The summed E-state index contributed by atoms with van der Waals surface area (Å²) in [5.41, 5.74) is 0.651. The minimum Gasteiger partial charge on any atom is -0.494 e. The molecule has 4 rings (SSSR count). The molecule has 25 heavy (non-hydrogen) atoms. The van der Waals surface area contributed by atoms with Gasteiger partial charge in [0.15, 0.2) is 5.84 Å². The smallest absolute Gasteiger partial charge is 0.259 e. The van der Waals surface area contributed by atoms with E-state index in [0.29, 0.717) is 16.5 Å². The fourth-order valence-corrected chi connectivity index (χ4v) is 3.62. The van der Waals surface area contributed by atoms with E-state index >= 15 is 0 Å². The van der Waals surface area contributed by atoms with E-state index < -0.39 is 0 Å². The summed E-state index contributed by atoms with van der Waals surface area (Å²) in [5, 5.41) is 25.4. The Labute approximate surface area is 144 Å². The number of fused-ring (bicyclic) bond motifs is 1. The summed E-state index contributed by atoms with van der Waals surface area (Å²) in [5.74, 6) is 0.111. The van der Waals surface area contributed by atoms with Crippen molar-refractivity contribution in [2.45, 2.75) is 32.1 Å². The zero-order valence-electron chi connectivity index (χ0n) is 13.8. The lowest BCUT2D eigenvalue weighted by atomic mass is 9.88. The number of aromatic nitrogens is 1. The minimum atomic E-state index is -0.353. The predicted molar refractivity (Wildman–Crippen MR) is 96.3 cm³/mol. The van der Waals surface area contributed by atoms with Crippen LogP contribution in [0.1, 0.15) is 37.7 Å². The topological polar surface area (TPSA) is 92.5 Å². The van der Waals surface area contributed by atoms with Crippen LogP contribution in [0.2, 0.25) is 0 Å². The van der Waals surface area contributed by atoms with Gasteiger partial charge >= 0.3 is 0 Å². The highest BCUT2D eigenvalue weighted by atomic mass is 16.3. The number of amidine groups is 1. The number of aromatic hydroxyl groups is 1. The zero-order chi connectivity index (χ0) is 17.4. The number of aromatic amines is 1. The molecule has 0 bridgehead atoms. The standard InChI is InChI=1S/C19H20N4O2/c20-17-15-16(22-23(17)13-9-5-2-6-10-13)14(18(24)21-19(15)25)11-12-7-3-1-4-8-12/h2,5-6,9-12,20,25H,1,3-4,7-8H2,(H,21,24)/b14-11+,20-17?. The molecule has 6 nitrogen and oxygen atoms in total. The highest BCUT2D eigenvalue weighted by molar-refractivity contribution is 6.10. The Kier molecular flexibility index (Phi) is 3.87. The zero-order valence-corrected chi connectivity index (χ0v) is 13.8. The number of H-pyrrole nitrogens is 1. The SMILES string of the molecule is N=C1c2c(O)[nH]c(=O)/c(=C/C3CCCCC3)c2=NN1c1ccccc1. The molecule has 0 atom stereocenters. The van der Waals surface area contributed by atoms with Gasteiger partial charge in [0.1, 0.15) is 10.9 Å². The molecule has 1 aliphatic heterocycles. The molecule has 1 aromatic carbocycles. The van der Waals surface area contributed by atoms with Crippen LogP contribution in [0.5, 0.6) is 5.88 Å². The van der Waals surface area contributed by atoms with Crippen molar-refractivity contribution >= 4 is 17.6 Å². The fourth-order valence-electron chi connectivity index (χ4n) is 3.62. The van der Waals surface area contributed by atoms with E-state index in [9.17, 15) is 9.90 Å². The molecule has 2 aliphatic rings. The lowest BCUT2D eigenvalue weighted by molar-refractivity contribution is 0.435. The van der Waals surface area contributed by atoms with Crippen molar-refractivity contribution in [2.24, 2.45) is 11.0 Å². The third-order valence-electron chi connectivity index (χ3n) is 4.91. The number of pyridine rings is 1. The van der Waals surface area contributed by atoms with E-state index in [2.05, 4.69) is 10.1 Å². The van der Waals surface area contributed by atoms with Gasteiger partial charge in [-0.15, -0.1) is 0 Å². The molecular weight excluding hydrogens is 316 g/mol. The van der Waals surface area contributed by atoms with E-state index in [1.807, 2.05) is 36.4 Å². The van der Waals surface area contributed by atoms with Gasteiger partial charge in [-0.25, -0.2) is 5.01 Å². The van der Waals surface area contributed by atoms with Crippen LogP contribution in [-0.4, -0.2) is 15.9 Å². The summed E-state index contributed by atoms with van der Waals surface area (Å²) in [6.07, 6.45) is 7.68. The van der Waals surface area contributed by atoms with Crippen LogP contribution in [0, 0.1) is 11.3 Å². The lowest BCUT2D eigenvalue weighted by Crippen LogP contribution is -2.42. The maximum Gasteiger partial charge on any atom is 0.259 e. The summed E-state index contributed by atoms with van der Waals surface area (Å²) < 4.78 is 0. The summed E-state index contributed by atoms with van der Waals surface area (Å²) in [7, 11) is 0. The van der Waals surface area contributed by atoms with Gasteiger partial charge in [0.25, 0.3) is 5.56 Å². The molecule has 128 valence electrons. The Hall–Kier alpha value is -2.89. The molecule has 3 N–H and O–H groups in total. The van der Waals surface area contributed by atoms with Gasteiger partial charge in [-0.3, -0.25) is 15.2 Å². The average Bonchev–Trinajstić information content (AvgIpc) is 2.98. The van der Waals surface area contributed by atoms with Crippen LogP contribution in [-0.2, 0) is 0 Å². The first-order valence-corrected chi connectivity index (χ1v) is 8.65. The molecule has 0 unspecified atom stereocenters. The normalized spacial score (nSPS) is 18.3. The Morgan fingerprint density at radius 2 is 1.92 bits per heavy atom. The van der Waals surface area contributed by atoms with Gasteiger partial charge < -0.3 is 5.11 Å². The maximum atomic E-state index is 12.4. The van der Waals surface area contributed by atoms with E-state index in [4.69, 9.17) is 5.41 Å². The molecule has 0 spiro atoms. The third-order valence-corrected chi connectivity index (χ3v) is 4.91. The first-order chi connectivity index (χ1) is 12.1. The van der Waals surface area contributed by atoms with Crippen LogP contribution in [0.3, 0.4) is 0 Å². The number of hydrogen-bond donors (Lipinski definition) is 3. The number of nitrogens with zero attached hydrogens (tertiary/aromatic N) is 2. The van der Waals surface area contributed by atoms with Gasteiger partial charge in [0.2, 0.25) is 5.88 Å². The number of para-hydroxylation sites is 1. The predicted octanol–water partition coefficient (Wildman–Crippen LogP) is 1.82. The Morgan fingerprint density at radius 3 is 2.64 bits per heavy atom. The number of rotatable bonds is 2. The van der Waals surface area contributed by atoms with Crippen LogP contribution >= 0.6 is 0 Å². The molecule has 6 heteroatoms. The molecule has 1 fully saturated rings. The fraction of sp³-hybridized carbons (Fsp3) is 0.316. The second-order valence-electron chi connectivity index (χ2n) is 6.60. The molecule has 0 amide bonds. The van der Waals surface area contributed by atoms with Crippen molar-refractivity contribution in [2.75, 3.05) is 5.01 Å². The molecule has 1 aromatic heterocycles. The van der Waals surface area contributed by atoms with Crippen LogP contribution in [0.15, 0.2) is 40.2 Å². The molecule has 1 saturated carbocycles. The second-order valence-corrected chi connectivity index (χ2v) is 6.60. The van der Waals surface area contributed by atoms with Gasteiger partial charge in [-0.2, -0.15) is 5.10 Å². The van der Waals surface area contributed by atoms with E-state index in [-0.39, 0.29) is 22.8 Å². The average molecular weight is 336 g/mol. The van der Waals surface area contributed by atoms with E-state index in [1.54, 1.807) is 0 Å². The number of benzene rings is 1. The summed E-state index contributed by atoms with van der Waals surface area (Å²) in [6, 6.07) is 9.29. The van der Waals surface area contributed by atoms with E-state index in [1.165, 1.54) is 24.3 Å². The first-order valence-electron chi connectivity index (χ1n) is 8.65. The van der Waals surface area contributed by atoms with Crippen molar-refractivity contribution in [1.82, 2.24) is 4.98 Å². The summed E-state index contributed by atoms with van der Waals surface area (Å²) in [4.78, 5) is 14.9. The lowest BCUT2D eigenvalue weighted by Gasteiger charge is -2.17. The monoisotopic (exact) mass is 336 g/mol. The molecule has 2 aromatic rings. The van der Waals surface area contributed by atoms with Crippen molar-refractivity contribution in [3.63, 3.8) is 0 Å². The number of hydrogen-bond acceptors (Lipinski definition) is 4. The van der Waals surface area contributed by atoms with Gasteiger partial charge in [-0.05, 0) is 30.9 Å². The minimum absolute atomic E-state index is 0.0632. The molecule has 0 saturated heterocycles. The van der Waals surface area contributed by atoms with Crippen LogP contribution in [0.25, 0.3) is 6.08 Å². The van der Waals surface area contributed by atoms with Crippen molar-refractivity contribution in [3.05, 3.63) is 56.8 Å². The maximum absolute atomic E-state index is 12.4. The largest absolute Gasteiger partial charge is 0.494 e. The first kappa shape index (κ1) is 15.6. The molecule has 2 heterocycles. The van der Waals surface area contributed by atoms with Crippen molar-refractivity contribution < 1.29 is 5.11 Å². The van der Waals surface area contributed by atoms with Gasteiger partial charge in [-0.1, -0.05) is 43.5 Å². The Balaban J connectivity index is 1.90. The van der Waals surface area contributed by atoms with Crippen molar-refractivity contribution in [3.8, 4) is 5.88 Å². The highest BCUT2D eigenvalue weighted by Crippen LogP contribution is 2.25. The second kappa shape index (κ2) is 6.20. The van der Waals surface area contributed by atoms with Crippen LogP contribution < -0.4 is 21.1 Å². The van der Waals surface area contributed by atoms with Gasteiger partial charge in [0.05, 0.1) is 10.9 Å². The Bertz CT molecular complexity index is 989. The van der Waals surface area contributed by atoms with Gasteiger partial charge in [0, 0.05) is 0 Å². The van der Waals surface area contributed by atoms with E-state index in [0.717, 1.165) is 18.5 Å². The highest BCUT2D eigenvalue weighted by Gasteiger charge is 2.27. The number of anilines is 1. The molecular formula is C19H20N4O2.